The van der Waals surface area contributed by atoms with Gasteiger partial charge in [-0.3, -0.25) is 14.9 Å². The summed E-state index contributed by atoms with van der Waals surface area (Å²) in [6.07, 6.45) is 4.43. The second-order valence-corrected chi connectivity index (χ2v) is 5.38. The highest BCUT2D eigenvalue weighted by Crippen LogP contribution is 2.19. The van der Waals surface area contributed by atoms with Crippen LogP contribution in [0.1, 0.15) is 55.5 Å². The molecule has 0 saturated heterocycles. The fourth-order valence-electron chi connectivity index (χ4n) is 2.23. The Balaban J connectivity index is 2.67. The minimum absolute atomic E-state index is 0.0133. The highest BCUT2D eigenvalue weighted by Gasteiger charge is 2.15. The molecule has 1 rings (SSSR count). The first-order chi connectivity index (χ1) is 9.99. The van der Waals surface area contributed by atoms with Crippen molar-refractivity contribution in [1.82, 2.24) is 5.32 Å². The molecule has 1 aromatic rings. The minimum Gasteiger partial charge on any atom is -0.352 e. The van der Waals surface area contributed by atoms with E-state index < -0.39 is 4.92 Å². The molecule has 0 spiro atoms. The number of rotatable bonds is 8. The third-order valence-electron chi connectivity index (χ3n) is 3.76. The molecule has 1 atom stereocenters. The SMILES string of the molecule is CCCC[C@H](CC)CNC(=O)c1ccc(C)c([N+](=O)[O-])c1. The largest absolute Gasteiger partial charge is 0.352 e. The Morgan fingerprint density at radius 2 is 2.10 bits per heavy atom. The molecule has 0 radical (unpaired) electrons. The van der Waals surface area contributed by atoms with Crippen LogP contribution in [0.25, 0.3) is 0 Å². The maximum Gasteiger partial charge on any atom is 0.273 e. The van der Waals surface area contributed by atoms with Gasteiger partial charge in [-0.25, -0.2) is 0 Å². The number of carbonyl (C=O) groups excluding carboxylic acids is 1. The molecule has 0 unspecified atom stereocenters. The summed E-state index contributed by atoms with van der Waals surface area (Å²) in [5.74, 6) is 0.224. The number of amides is 1. The number of nitro benzene ring substituents is 1. The summed E-state index contributed by atoms with van der Waals surface area (Å²) in [6.45, 7) is 6.55. The third-order valence-corrected chi connectivity index (χ3v) is 3.76. The second kappa shape index (κ2) is 8.39. The zero-order chi connectivity index (χ0) is 15.8. The van der Waals surface area contributed by atoms with Gasteiger partial charge >= 0.3 is 0 Å². The van der Waals surface area contributed by atoms with Crippen molar-refractivity contribution in [1.29, 1.82) is 0 Å². The lowest BCUT2D eigenvalue weighted by atomic mass is 9.99. The molecule has 0 bridgehead atoms. The van der Waals surface area contributed by atoms with Crippen molar-refractivity contribution in [2.75, 3.05) is 6.54 Å². The maximum atomic E-state index is 12.1. The summed E-state index contributed by atoms with van der Waals surface area (Å²) < 4.78 is 0. The molecule has 0 aliphatic carbocycles. The van der Waals surface area contributed by atoms with E-state index in [1.54, 1.807) is 19.1 Å². The molecule has 5 heteroatoms. The number of nitro groups is 1. The number of hydrogen-bond acceptors (Lipinski definition) is 3. The highest BCUT2D eigenvalue weighted by atomic mass is 16.6. The fourth-order valence-corrected chi connectivity index (χ4v) is 2.23. The molecule has 0 heterocycles. The Labute approximate surface area is 125 Å². The summed E-state index contributed by atoms with van der Waals surface area (Å²) in [5.41, 5.74) is 0.893. The van der Waals surface area contributed by atoms with Gasteiger partial charge in [-0.1, -0.05) is 39.2 Å². The fraction of sp³-hybridized carbons (Fsp3) is 0.562. The molecule has 0 aliphatic heterocycles. The molecule has 1 N–H and O–H groups in total. The predicted molar refractivity (Wildman–Crippen MR) is 83.5 cm³/mol. The van der Waals surface area contributed by atoms with Crippen LogP contribution in [0.5, 0.6) is 0 Å². The van der Waals surface area contributed by atoms with E-state index >= 15 is 0 Å². The quantitative estimate of drug-likeness (QED) is 0.584. The highest BCUT2D eigenvalue weighted by molar-refractivity contribution is 5.94. The summed E-state index contributed by atoms with van der Waals surface area (Å²) in [6, 6.07) is 4.59. The molecule has 1 amide bonds. The molecular weight excluding hydrogens is 268 g/mol. The number of nitrogens with zero attached hydrogens (tertiary/aromatic N) is 1. The number of carbonyl (C=O) groups is 1. The van der Waals surface area contributed by atoms with Crippen LogP contribution in [0.3, 0.4) is 0 Å². The van der Waals surface area contributed by atoms with Gasteiger partial charge < -0.3 is 5.32 Å². The van der Waals surface area contributed by atoms with Crippen LogP contribution in [-0.2, 0) is 0 Å². The molecule has 0 fully saturated rings. The van der Waals surface area contributed by atoms with Gasteiger partial charge in [0, 0.05) is 23.7 Å². The number of aryl methyl sites for hydroxylation is 1. The van der Waals surface area contributed by atoms with E-state index in [4.69, 9.17) is 0 Å². The first-order valence-electron chi connectivity index (χ1n) is 7.52. The molecule has 116 valence electrons. The van der Waals surface area contributed by atoms with Crippen molar-refractivity contribution in [3.63, 3.8) is 0 Å². The van der Waals surface area contributed by atoms with Gasteiger partial charge in [-0.05, 0) is 25.3 Å². The van der Waals surface area contributed by atoms with Gasteiger partial charge in [-0.15, -0.1) is 0 Å². The van der Waals surface area contributed by atoms with E-state index in [2.05, 4.69) is 19.2 Å². The average molecular weight is 292 g/mol. The normalized spacial score (nSPS) is 12.0. The Bertz CT molecular complexity index is 500. The van der Waals surface area contributed by atoms with Crippen LogP contribution < -0.4 is 5.32 Å². The zero-order valence-corrected chi connectivity index (χ0v) is 13.0. The molecule has 21 heavy (non-hydrogen) atoms. The van der Waals surface area contributed by atoms with Crippen molar-refractivity contribution in [3.05, 3.63) is 39.4 Å². The first-order valence-corrected chi connectivity index (χ1v) is 7.52. The summed E-state index contributed by atoms with van der Waals surface area (Å²) in [5, 5.41) is 13.8. The Hall–Kier alpha value is -1.91. The molecule has 1 aromatic carbocycles. The number of nitrogens with one attached hydrogen (secondary N) is 1. The van der Waals surface area contributed by atoms with Crippen LogP contribution in [0.2, 0.25) is 0 Å². The van der Waals surface area contributed by atoms with Crippen molar-refractivity contribution in [2.24, 2.45) is 5.92 Å². The molecule has 0 aromatic heterocycles. The van der Waals surface area contributed by atoms with Gasteiger partial charge in [0.1, 0.15) is 0 Å². The topological polar surface area (TPSA) is 72.2 Å². The van der Waals surface area contributed by atoms with E-state index in [1.807, 2.05) is 0 Å². The lowest BCUT2D eigenvalue weighted by Crippen LogP contribution is -2.29. The van der Waals surface area contributed by atoms with Gasteiger partial charge in [0.25, 0.3) is 11.6 Å². The van der Waals surface area contributed by atoms with Crippen molar-refractivity contribution < 1.29 is 9.72 Å². The van der Waals surface area contributed by atoms with Gasteiger partial charge in [0.05, 0.1) is 4.92 Å². The lowest BCUT2D eigenvalue weighted by Gasteiger charge is -2.15. The molecular formula is C16H24N2O3. The van der Waals surface area contributed by atoms with E-state index in [-0.39, 0.29) is 11.6 Å². The smallest absolute Gasteiger partial charge is 0.273 e. The van der Waals surface area contributed by atoms with E-state index in [0.717, 1.165) is 25.7 Å². The molecule has 0 aliphatic rings. The predicted octanol–water partition coefficient (Wildman–Crippen LogP) is 3.85. The van der Waals surface area contributed by atoms with Crippen molar-refractivity contribution in [2.45, 2.75) is 46.5 Å². The number of unbranched alkanes of at least 4 members (excludes halogenated alkanes) is 1. The van der Waals surface area contributed by atoms with Crippen LogP contribution in [0.4, 0.5) is 5.69 Å². The lowest BCUT2D eigenvalue weighted by molar-refractivity contribution is -0.385. The van der Waals surface area contributed by atoms with Crippen LogP contribution >= 0.6 is 0 Å². The van der Waals surface area contributed by atoms with Gasteiger partial charge in [-0.2, -0.15) is 0 Å². The monoisotopic (exact) mass is 292 g/mol. The third kappa shape index (κ3) is 5.17. The Morgan fingerprint density at radius 1 is 1.38 bits per heavy atom. The average Bonchev–Trinajstić information content (AvgIpc) is 2.47. The molecule has 5 nitrogen and oxygen atoms in total. The van der Waals surface area contributed by atoms with Crippen molar-refractivity contribution >= 4 is 11.6 Å². The second-order valence-electron chi connectivity index (χ2n) is 5.38. The Kier molecular flexibility index (Phi) is 6.85. The van der Waals surface area contributed by atoms with Crippen LogP contribution in [0, 0.1) is 23.0 Å². The van der Waals surface area contributed by atoms with E-state index in [0.29, 0.717) is 23.6 Å². The van der Waals surface area contributed by atoms with Gasteiger partial charge in [0.2, 0.25) is 0 Å². The summed E-state index contributed by atoms with van der Waals surface area (Å²) in [4.78, 5) is 22.5. The van der Waals surface area contributed by atoms with Crippen LogP contribution in [0.15, 0.2) is 18.2 Å². The van der Waals surface area contributed by atoms with E-state index in [9.17, 15) is 14.9 Å². The number of hydrogen-bond donors (Lipinski definition) is 1. The summed E-state index contributed by atoms with van der Waals surface area (Å²) >= 11 is 0. The summed E-state index contributed by atoms with van der Waals surface area (Å²) in [7, 11) is 0. The first kappa shape index (κ1) is 17.1. The van der Waals surface area contributed by atoms with Crippen molar-refractivity contribution in [3.8, 4) is 0 Å². The number of benzene rings is 1. The Morgan fingerprint density at radius 3 is 2.67 bits per heavy atom. The maximum absolute atomic E-state index is 12.1. The minimum atomic E-state index is -0.456. The van der Waals surface area contributed by atoms with Gasteiger partial charge in [0.15, 0.2) is 0 Å². The van der Waals surface area contributed by atoms with Crippen LogP contribution in [-0.4, -0.2) is 17.4 Å². The molecule has 0 saturated carbocycles. The standard InChI is InChI=1S/C16H24N2O3/c1-4-6-7-13(5-2)11-17-16(19)14-9-8-12(3)15(10-14)18(20)21/h8-10,13H,4-7,11H2,1-3H3,(H,17,19)/t13-/m0/s1. The zero-order valence-electron chi connectivity index (χ0n) is 13.0. The van der Waals surface area contributed by atoms with E-state index in [1.165, 1.54) is 6.07 Å².